The Morgan fingerprint density at radius 3 is 2.53 bits per heavy atom. The van der Waals surface area contributed by atoms with Gasteiger partial charge in [0.25, 0.3) is 0 Å². The number of halogens is 3. The van der Waals surface area contributed by atoms with E-state index in [1.807, 2.05) is 0 Å². The molecule has 0 aliphatic heterocycles. The van der Waals surface area contributed by atoms with Crippen LogP contribution in [0, 0.1) is 0 Å². The minimum Gasteiger partial charge on any atom is -0.171 e. The van der Waals surface area contributed by atoms with Gasteiger partial charge in [0, 0.05) is 10.8 Å². The van der Waals surface area contributed by atoms with Crippen molar-refractivity contribution >= 4 is 10.8 Å². The summed E-state index contributed by atoms with van der Waals surface area (Å²) < 4.78 is 36.7. The Hall–Kier alpha value is -1.65. The summed E-state index contributed by atoms with van der Waals surface area (Å²) >= 11 is 0. The molecule has 0 fully saturated rings. The van der Waals surface area contributed by atoms with Crippen molar-refractivity contribution in [1.29, 1.82) is 0 Å². The van der Waals surface area contributed by atoms with E-state index in [1.54, 1.807) is 12.1 Å². The van der Waals surface area contributed by atoms with Crippen LogP contribution in [0.4, 0.5) is 13.2 Å². The maximum atomic E-state index is 12.2. The molecular weight excluding hydrogens is 205 g/mol. The minimum atomic E-state index is -4.20. The first-order chi connectivity index (χ1) is 7.06. The lowest BCUT2D eigenvalue weighted by molar-refractivity contribution is -0.126. The maximum absolute atomic E-state index is 12.2. The number of aromatic nitrogens is 2. The smallest absolute Gasteiger partial charge is 0.171 e. The van der Waals surface area contributed by atoms with Gasteiger partial charge in [-0.15, -0.1) is 0 Å². The van der Waals surface area contributed by atoms with E-state index < -0.39 is 12.6 Å². The molecule has 78 valence electrons. The van der Waals surface area contributed by atoms with Gasteiger partial charge in [-0.2, -0.15) is 23.4 Å². The molecule has 0 saturated heterocycles. The first kappa shape index (κ1) is 9.89. The number of nitrogens with zero attached hydrogens (tertiary/aromatic N) is 2. The predicted molar refractivity (Wildman–Crippen MR) is 49.3 cm³/mol. The van der Waals surface area contributed by atoms with Gasteiger partial charge in [0.2, 0.25) is 0 Å². The zero-order valence-electron chi connectivity index (χ0n) is 7.62. The van der Waals surface area contributed by atoms with Crippen LogP contribution >= 0.6 is 0 Å². The molecule has 0 radical (unpaired) electrons. The third-order valence-electron chi connectivity index (χ3n) is 2.07. The average Bonchev–Trinajstić information content (AvgIpc) is 2.16. The molecule has 0 unspecified atom stereocenters. The van der Waals surface area contributed by atoms with Crippen LogP contribution in [0.2, 0.25) is 0 Å². The lowest BCUT2D eigenvalue weighted by Gasteiger charge is -2.08. The van der Waals surface area contributed by atoms with E-state index in [2.05, 4.69) is 10.2 Å². The highest BCUT2D eigenvalue weighted by Crippen LogP contribution is 2.25. The highest BCUT2D eigenvalue weighted by molar-refractivity contribution is 5.84. The van der Waals surface area contributed by atoms with Gasteiger partial charge in [0.05, 0.1) is 18.8 Å². The van der Waals surface area contributed by atoms with Crippen LogP contribution in [0.15, 0.2) is 30.6 Å². The van der Waals surface area contributed by atoms with Gasteiger partial charge in [-0.3, -0.25) is 0 Å². The van der Waals surface area contributed by atoms with E-state index in [1.165, 1.54) is 18.5 Å². The largest absolute Gasteiger partial charge is 0.393 e. The summed E-state index contributed by atoms with van der Waals surface area (Å²) in [5.74, 6) is 0. The molecule has 0 bridgehead atoms. The van der Waals surface area contributed by atoms with Crippen LogP contribution in [-0.4, -0.2) is 16.4 Å². The summed E-state index contributed by atoms with van der Waals surface area (Å²) in [6.07, 6.45) is -2.32. The van der Waals surface area contributed by atoms with E-state index in [0.29, 0.717) is 10.8 Å². The molecule has 5 heteroatoms. The molecule has 1 aromatic heterocycles. The summed E-state index contributed by atoms with van der Waals surface area (Å²) in [5.41, 5.74) is 0.231. The van der Waals surface area contributed by atoms with Crippen molar-refractivity contribution < 1.29 is 13.2 Å². The molecule has 0 atom stereocenters. The summed E-state index contributed by atoms with van der Waals surface area (Å²) in [7, 11) is 0. The van der Waals surface area contributed by atoms with Crippen molar-refractivity contribution in [2.45, 2.75) is 12.6 Å². The SMILES string of the molecule is FC(F)(F)Cc1cccc2cnncc12. The molecule has 1 heterocycles. The van der Waals surface area contributed by atoms with Crippen molar-refractivity contribution in [3.05, 3.63) is 36.2 Å². The van der Waals surface area contributed by atoms with Gasteiger partial charge < -0.3 is 0 Å². The number of benzene rings is 1. The van der Waals surface area contributed by atoms with Gasteiger partial charge in [-0.25, -0.2) is 0 Å². The third-order valence-corrected chi connectivity index (χ3v) is 2.07. The van der Waals surface area contributed by atoms with Crippen molar-refractivity contribution in [3.63, 3.8) is 0 Å². The van der Waals surface area contributed by atoms with Crippen LogP contribution in [0.5, 0.6) is 0 Å². The summed E-state index contributed by atoms with van der Waals surface area (Å²) in [6, 6.07) is 4.76. The molecule has 0 aliphatic rings. The fraction of sp³-hybridized carbons (Fsp3) is 0.200. The summed E-state index contributed by atoms with van der Waals surface area (Å²) in [6.45, 7) is 0. The van der Waals surface area contributed by atoms with Crippen molar-refractivity contribution in [2.75, 3.05) is 0 Å². The second kappa shape index (κ2) is 3.49. The van der Waals surface area contributed by atoms with Crippen molar-refractivity contribution in [1.82, 2.24) is 10.2 Å². The number of rotatable bonds is 1. The average molecular weight is 212 g/mol. The molecule has 2 nitrogen and oxygen atoms in total. The van der Waals surface area contributed by atoms with Crippen LogP contribution in [0.25, 0.3) is 10.8 Å². The Morgan fingerprint density at radius 1 is 1.07 bits per heavy atom. The number of fused-ring (bicyclic) bond motifs is 1. The Balaban J connectivity index is 2.52. The van der Waals surface area contributed by atoms with Crippen molar-refractivity contribution in [2.24, 2.45) is 0 Å². The highest BCUT2D eigenvalue weighted by atomic mass is 19.4. The molecule has 0 N–H and O–H groups in total. The molecule has 0 saturated carbocycles. The van der Waals surface area contributed by atoms with Gasteiger partial charge in [0.1, 0.15) is 0 Å². The molecule has 1 aromatic carbocycles. The molecule has 0 spiro atoms. The molecule has 0 amide bonds. The molecule has 0 aliphatic carbocycles. The first-order valence-electron chi connectivity index (χ1n) is 4.31. The summed E-state index contributed by atoms with van der Waals surface area (Å²) in [5, 5.41) is 8.38. The van der Waals surface area contributed by atoms with Crippen LogP contribution in [0.3, 0.4) is 0 Å². The first-order valence-corrected chi connectivity index (χ1v) is 4.31. The Bertz CT molecular complexity index is 474. The summed E-state index contributed by atoms with van der Waals surface area (Å²) in [4.78, 5) is 0. The van der Waals surface area contributed by atoms with E-state index >= 15 is 0 Å². The fourth-order valence-electron chi connectivity index (χ4n) is 1.46. The van der Waals surface area contributed by atoms with Gasteiger partial charge in [0.15, 0.2) is 0 Å². The Labute approximate surface area is 83.7 Å². The topological polar surface area (TPSA) is 25.8 Å². The standard InChI is InChI=1S/C10H7F3N2/c11-10(12,13)4-7-2-1-3-8-5-14-15-6-9(7)8/h1-3,5-6H,4H2. The third kappa shape index (κ3) is 2.23. The number of alkyl halides is 3. The van der Waals surface area contributed by atoms with Crippen LogP contribution in [0.1, 0.15) is 5.56 Å². The normalized spacial score (nSPS) is 11.9. The van der Waals surface area contributed by atoms with Gasteiger partial charge >= 0.3 is 6.18 Å². The minimum absolute atomic E-state index is 0.231. The van der Waals surface area contributed by atoms with Gasteiger partial charge in [-0.1, -0.05) is 18.2 Å². The molecule has 15 heavy (non-hydrogen) atoms. The lowest BCUT2D eigenvalue weighted by Crippen LogP contribution is -2.11. The zero-order chi connectivity index (χ0) is 10.9. The van der Waals surface area contributed by atoms with Gasteiger partial charge in [-0.05, 0) is 5.56 Å². The zero-order valence-corrected chi connectivity index (χ0v) is 7.62. The molecular formula is C10H7F3N2. The quantitative estimate of drug-likeness (QED) is 0.726. The molecule has 2 aromatic rings. The monoisotopic (exact) mass is 212 g/mol. The van der Waals surface area contributed by atoms with E-state index in [-0.39, 0.29) is 5.56 Å². The Morgan fingerprint density at radius 2 is 1.80 bits per heavy atom. The highest BCUT2D eigenvalue weighted by Gasteiger charge is 2.28. The second-order valence-corrected chi connectivity index (χ2v) is 3.20. The van der Waals surface area contributed by atoms with E-state index in [9.17, 15) is 13.2 Å². The fourth-order valence-corrected chi connectivity index (χ4v) is 1.46. The number of hydrogen-bond donors (Lipinski definition) is 0. The van der Waals surface area contributed by atoms with Crippen LogP contribution in [-0.2, 0) is 6.42 Å². The van der Waals surface area contributed by atoms with E-state index in [0.717, 1.165) is 0 Å². The van der Waals surface area contributed by atoms with E-state index in [4.69, 9.17) is 0 Å². The van der Waals surface area contributed by atoms with Crippen LogP contribution < -0.4 is 0 Å². The molecule has 2 rings (SSSR count). The predicted octanol–water partition coefficient (Wildman–Crippen LogP) is 2.73. The lowest BCUT2D eigenvalue weighted by atomic mass is 10.1. The number of hydrogen-bond acceptors (Lipinski definition) is 2. The maximum Gasteiger partial charge on any atom is 0.393 e. The Kier molecular flexibility index (Phi) is 2.30. The van der Waals surface area contributed by atoms with Crippen molar-refractivity contribution in [3.8, 4) is 0 Å². The second-order valence-electron chi connectivity index (χ2n) is 3.20.